The molecule has 1 atom stereocenters. The summed E-state index contributed by atoms with van der Waals surface area (Å²) in [7, 11) is 0. The van der Waals surface area contributed by atoms with E-state index in [4.69, 9.17) is 0 Å². The first-order chi connectivity index (χ1) is 11.9. The molecule has 0 saturated carbocycles. The van der Waals surface area contributed by atoms with Gasteiger partial charge in [0, 0.05) is 13.0 Å². The third-order valence-electron chi connectivity index (χ3n) is 4.58. The van der Waals surface area contributed by atoms with Crippen molar-refractivity contribution in [1.82, 2.24) is 10.4 Å². The Morgan fingerprint density at radius 1 is 1.08 bits per heavy atom. The molecule has 25 heavy (non-hydrogen) atoms. The van der Waals surface area contributed by atoms with Gasteiger partial charge in [0.1, 0.15) is 6.04 Å². The van der Waals surface area contributed by atoms with Gasteiger partial charge in [0.25, 0.3) is 0 Å². The summed E-state index contributed by atoms with van der Waals surface area (Å²) in [6.07, 6.45) is 3.74. The van der Waals surface area contributed by atoms with Crippen molar-refractivity contribution >= 4 is 5.91 Å². The summed E-state index contributed by atoms with van der Waals surface area (Å²) in [6.45, 7) is 2.26. The van der Waals surface area contributed by atoms with Gasteiger partial charge in [-0.25, -0.2) is 5.01 Å². The number of halogens is 3. The molecule has 0 bridgehead atoms. The van der Waals surface area contributed by atoms with Crippen molar-refractivity contribution in [2.24, 2.45) is 0 Å². The summed E-state index contributed by atoms with van der Waals surface area (Å²) in [6, 6.07) is 4.84. The molecule has 0 unspecified atom stereocenters. The summed E-state index contributed by atoms with van der Waals surface area (Å²) < 4.78 is 40.3. The van der Waals surface area contributed by atoms with Crippen LogP contribution in [0.3, 0.4) is 0 Å². The number of nitrogens with zero attached hydrogens (tertiary/aromatic N) is 1. The predicted octanol–water partition coefficient (Wildman–Crippen LogP) is 4.93. The number of unbranched alkanes of at least 4 members (excludes halogenated alkanes) is 5. The maximum Gasteiger partial charge on any atom is 0.409 e. The number of amides is 1. The van der Waals surface area contributed by atoms with E-state index < -0.39 is 12.2 Å². The number of carbonyl (C=O) groups is 1. The van der Waals surface area contributed by atoms with E-state index in [2.05, 4.69) is 12.3 Å². The average molecular weight is 356 g/mol. The fourth-order valence-corrected chi connectivity index (χ4v) is 3.21. The van der Waals surface area contributed by atoms with Gasteiger partial charge >= 0.3 is 6.18 Å². The smallest absolute Gasteiger partial charge is 0.288 e. The van der Waals surface area contributed by atoms with Gasteiger partial charge in [-0.3, -0.25) is 10.2 Å². The molecule has 140 valence electrons. The minimum Gasteiger partial charge on any atom is -0.288 e. The van der Waals surface area contributed by atoms with Gasteiger partial charge in [-0.05, 0) is 24.0 Å². The Labute approximate surface area is 147 Å². The highest BCUT2D eigenvalue weighted by Gasteiger charge is 2.46. The molecule has 1 fully saturated rings. The zero-order valence-corrected chi connectivity index (χ0v) is 14.7. The van der Waals surface area contributed by atoms with Gasteiger partial charge in [-0.1, -0.05) is 63.3 Å². The first-order valence-electron chi connectivity index (χ1n) is 9.13. The van der Waals surface area contributed by atoms with Gasteiger partial charge in [0.15, 0.2) is 0 Å². The van der Waals surface area contributed by atoms with Crippen LogP contribution in [-0.4, -0.2) is 23.6 Å². The zero-order chi connectivity index (χ0) is 18.3. The number of nitrogens with one attached hydrogen (secondary N) is 1. The van der Waals surface area contributed by atoms with Crippen LogP contribution >= 0.6 is 0 Å². The van der Waals surface area contributed by atoms with E-state index in [1.807, 2.05) is 0 Å². The summed E-state index contributed by atoms with van der Waals surface area (Å²) in [4.78, 5) is 11.3. The van der Waals surface area contributed by atoms with Crippen molar-refractivity contribution in [3.63, 3.8) is 0 Å². The maximum absolute atomic E-state index is 13.4. The van der Waals surface area contributed by atoms with Gasteiger partial charge in [0.2, 0.25) is 5.91 Å². The molecule has 3 nitrogen and oxygen atoms in total. The highest BCUT2D eigenvalue weighted by atomic mass is 19.4. The summed E-state index contributed by atoms with van der Waals surface area (Å²) in [5.74, 6) is -0.367. The first kappa shape index (κ1) is 19.8. The Morgan fingerprint density at radius 2 is 1.72 bits per heavy atom. The number of alkyl halides is 3. The number of rotatable bonds is 9. The second-order valence-corrected chi connectivity index (χ2v) is 6.68. The lowest BCUT2D eigenvalue weighted by Crippen LogP contribution is -2.43. The van der Waals surface area contributed by atoms with Gasteiger partial charge in [-0.2, -0.15) is 13.2 Å². The van der Waals surface area contributed by atoms with Gasteiger partial charge in [0.05, 0.1) is 0 Å². The maximum atomic E-state index is 13.4. The van der Waals surface area contributed by atoms with Crippen molar-refractivity contribution in [2.45, 2.75) is 70.5 Å². The first-order valence-corrected chi connectivity index (χ1v) is 9.13. The topological polar surface area (TPSA) is 32.3 Å². The van der Waals surface area contributed by atoms with E-state index in [9.17, 15) is 18.0 Å². The van der Waals surface area contributed by atoms with E-state index in [0.717, 1.165) is 29.8 Å². The number of carbonyl (C=O) groups excluding carboxylic acids is 1. The number of hydrogen-bond acceptors (Lipinski definition) is 2. The number of hydrogen-bond donors (Lipinski definition) is 1. The normalized spacial score (nSPS) is 16.9. The van der Waals surface area contributed by atoms with Crippen molar-refractivity contribution in [3.05, 3.63) is 35.4 Å². The summed E-state index contributed by atoms with van der Waals surface area (Å²) in [5, 5.41) is 0.991. The molecule has 1 amide bonds. The van der Waals surface area contributed by atoms with E-state index in [1.54, 1.807) is 12.1 Å². The fraction of sp³-hybridized carbons (Fsp3) is 0.632. The fourth-order valence-electron chi connectivity index (χ4n) is 3.21. The minimum absolute atomic E-state index is 0.0719. The van der Waals surface area contributed by atoms with Gasteiger partial charge < -0.3 is 0 Å². The van der Waals surface area contributed by atoms with Crippen LogP contribution in [0.5, 0.6) is 0 Å². The molecular formula is C19H27F3N2O. The molecule has 0 spiro atoms. The van der Waals surface area contributed by atoms with Crippen LogP contribution < -0.4 is 5.43 Å². The van der Waals surface area contributed by atoms with Crippen molar-refractivity contribution in [2.75, 3.05) is 6.54 Å². The molecular weight excluding hydrogens is 329 g/mol. The third-order valence-corrected chi connectivity index (χ3v) is 4.58. The Balaban J connectivity index is 1.93. The van der Waals surface area contributed by atoms with Crippen LogP contribution in [0.25, 0.3) is 0 Å². The zero-order valence-electron chi connectivity index (χ0n) is 14.7. The molecule has 1 saturated heterocycles. The van der Waals surface area contributed by atoms with Gasteiger partial charge in [-0.15, -0.1) is 0 Å². The number of benzene rings is 1. The molecule has 1 aliphatic rings. The molecule has 0 aromatic heterocycles. The second-order valence-electron chi connectivity index (χ2n) is 6.68. The molecule has 2 rings (SSSR count). The molecule has 6 heteroatoms. The van der Waals surface area contributed by atoms with E-state index >= 15 is 0 Å². The predicted molar refractivity (Wildman–Crippen MR) is 91.8 cm³/mol. The Kier molecular flexibility index (Phi) is 7.29. The van der Waals surface area contributed by atoms with E-state index in [0.29, 0.717) is 0 Å². The highest BCUT2D eigenvalue weighted by Crippen LogP contribution is 2.37. The number of hydrazine groups is 1. The summed E-state index contributed by atoms with van der Waals surface area (Å²) in [5.41, 5.74) is 3.54. The largest absolute Gasteiger partial charge is 0.409 e. The molecule has 1 aliphatic heterocycles. The van der Waals surface area contributed by atoms with Crippen LogP contribution in [0.2, 0.25) is 0 Å². The van der Waals surface area contributed by atoms with Crippen molar-refractivity contribution in [1.29, 1.82) is 0 Å². The molecule has 1 aromatic carbocycles. The lowest BCUT2D eigenvalue weighted by molar-refractivity contribution is -0.191. The Bertz CT molecular complexity index is 543. The third kappa shape index (κ3) is 6.03. The standard InChI is InChI=1S/C19H27F3N2O/c1-2-3-4-5-6-7-8-15-9-11-16(12-10-15)18(19(20,21)22)24-14-13-17(25)23-24/h9-12,18H,2-8,13-14H2,1H3,(H,23,25)/t18-/m0/s1. The highest BCUT2D eigenvalue weighted by molar-refractivity contribution is 5.77. The molecule has 1 N–H and O–H groups in total. The molecule has 1 aromatic rings. The average Bonchev–Trinajstić information content (AvgIpc) is 2.97. The van der Waals surface area contributed by atoms with E-state index in [1.165, 1.54) is 37.8 Å². The second kappa shape index (κ2) is 9.22. The lowest BCUT2D eigenvalue weighted by atomic mass is 10.0. The minimum atomic E-state index is -4.43. The monoisotopic (exact) mass is 356 g/mol. The molecule has 1 heterocycles. The molecule has 0 aliphatic carbocycles. The molecule has 0 radical (unpaired) electrons. The van der Waals surface area contributed by atoms with Crippen molar-refractivity contribution in [3.8, 4) is 0 Å². The van der Waals surface area contributed by atoms with Crippen LogP contribution in [0, 0.1) is 0 Å². The van der Waals surface area contributed by atoms with Crippen LogP contribution in [-0.2, 0) is 11.2 Å². The SMILES string of the molecule is CCCCCCCCc1ccc([C@H](N2CCC(=O)N2)C(F)(F)F)cc1. The number of aryl methyl sites for hydroxylation is 1. The van der Waals surface area contributed by atoms with Crippen LogP contribution in [0.15, 0.2) is 24.3 Å². The Hall–Kier alpha value is -1.56. The van der Waals surface area contributed by atoms with Crippen molar-refractivity contribution < 1.29 is 18.0 Å². The van der Waals surface area contributed by atoms with Crippen LogP contribution in [0.1, 0.15) is 69.0 Å². The quantitative estimate of drug-likeness (QED) is 0.636. The summed E-state index contributed by atoms with van der Waals surface area (Å²) >= 11 is 0. The Morgan fingerprint density at radius 3 is 2.28 bits per heavy atom. The van der Waals surface area contributed by atoms with E-state index in [-0.39, 0.29) is 24.4 Å². The lowest BCUT2D eigenvalue weighted by Gasteiger charge is -2.29. The van der Waals surface area contributed by atoms with Crippen LogP contribution in [0.4, 0.5) is 13.2 Å².